The molecule has 0 fully saturated rings. The predicted octanol–water partition coefficient (Wildman–Crippen LogP) is 12.1. The van der Waals surface area contributed by atoms with E-state index in [1.54, 1.807) is 59.6 Å². The van der Waals surface area contributed by atoms with E-state index in [0.717, 1.165) is 15.5 Å². The van der Waals surface area contributed by atoms with Crippen LogP contribution in [0.5, 0.6) is 0 Å². The van der Waals surface area contributed by atoms with E-state index in [9.17, 15) is 0 Å². The average molecular weight is 938 g/mol. The van der Waals surface area contributed by atoms with Crippen molar-refractivity contribution in [3.05, 3.63) is 149 Å². The molecule has 0 saturated carbocycles. The van der Waals surface area contributed by atoms with E-state index in [2.05, 4.69) is 48.9 Å². The number of alkyl halides is 2. The second-order valence-electron chi connectivity index (χ2n) is 15.7. The number of halogens is 2. The fourth-order valence-electron chi connectivity index (χ4n) is 6.65. The molecule has 1 aliphatic heterocycles. The van der Waals surface area contributed by atoms with Crippen molar-refractivity contribution < 1.29 is 47.7 Å². The molecular formula is C48H45F2N5Pt+2. The molecular weight excluding hydrogens is 880 g/mol. The van der Waals surface area contributed by atoms with Crippen molar-refractivity contribution in [2.24, 2.45) is 0 Å². The van der Waals surface area contributed by atoms with Gasteiger partial charge in [-0.05, 0) is 55.5 Å². The van der Waals surface area contributed by atoms with E-state index < -0.39 is 83.9 Å². The van der Waals surface area contributed by atoms with Gasteiger partial charge in [0.05, 0.1) is 17.2 Å². The zero-order valence-corrected chi connectivity index (χ0v) is 33.7. The maximum atomic E-state index is 17.5. The average Bonchev–Trinajstić information content (AvgIpc) is 3.78. The normalized spacial score (nSPS) is 17.5. The second kappa shape index (κ2) is 13.8. The summed E-state index contributed by atoms with van der Waals surface area (Å²) in [7, 11) is 0. The minimum Gasteiger partial charge on any atom is -0.318 e. The maximum Gasteiger partial charge on any atom is 2.00 e. The van der Waals surface area contributed by atoms with Crippen LogP contribution in [0.15, 0.2) is 109 Å². The van der Waals surface area contributed by atoms with Gasteiger partial charge in [0.15, 0.2) is 0 Å². The number of fused-ring (bicyclic) bond motifs is 4. The number of hydrogen-bond donors (Lipinski definition) is 0. The van der Waals surface area contributed by atoms with Gasteiger partial charge in [-0.1, -0.05) is 120 Å². The Balaban J connectivity index is 0.00000703. The van der Waals surface area contributed by atoms with Gasteiger partial charge in [-0.15, -0.1) is 17.0 Å². The van der Waals surface area contributed by atoms with Crippen molar-refractivity contribution in [1.29, 1.82) is 0 Å². The Bertz CT molecular complexity index is 3240. The van der Waals surface area contributed by atoms with Crippen molar-refractivity contribution in [3.8, 4) is 5.82 Å². The van der Waals surface area contributed by atoms with Gasteiger partial charge >= 0.3 is 27.1 Å². The van der Waals surface area contributed by atoms with E-state index >= 15 is 8.78 Å². The molecule has 0 aliphatic carbocycles. The van der Waals surface area contributed by atoms with E-state index in [4.69, 9.17) is 17.8 Å². The van der Waals surface area contributed by atoms with Gasteiger partial charge in [0, 0.05) is 48.9 Å². The van der Waals surface area contributed by atoms with E-state index in [1.165, 1.54) is 22.8 Å². The monoisotopic (exact) mass is 937 g/mol. The Kier molecular flexibility index (Phi) is 6.41. The first-order chi connectivity index (χ1) is 31.3. The van der Waals surface area contributed by atoms with Gasteiger partial charge in [0.1, 0.15) is 11.5 Å². The van der Waals surface area contributed by atoms with Crippen molar-refractivity contribution in [2.75, 3.05) is 0 Å². The summed E-state index contributed by atoms with van der Waals surface area (Å²) in [6.07, 6.45) is 4.96. The van der Waals surface area contributed by atoms with E-state index in [0.29, 0.717) is 27.8 Å². The van der Waals surface area contributed by atoms with Gasteiger partial charge in [-0.2, -0.15) is 18.2 Å². The first-order valence-electron chi connectivity index (χ1n) is 24.1. The predicted molar refractivity (Wildman–Crippen MR) is 220 cm³/mol. The first kappa shape index (κ1) is 25.9. The number of para-hydroxylation sites is 2. The molecule has 56 heavy (non-hydrogen) atoms. The third-order valence-corrected chi connectivity index (χ3v) is 9.73. The number of rotatable bonds is 5. The molecule has 8 rings (SSSR count). The van der Waals surface area contributed by atoms with Gasteiger partial charge in [-0.25, -0.2) is 13.8 Å². The van der Waals surface area contributed by atoms with Gasteiger partial charge in [0.25, 0.3) is 17.3 Å². The Morgan fingerprint density at radius 1 is 0.714 bits per heavy atom. The molecule has 0 radical (unpaired) electrons. The molecule has 8 heteroatoms. The van der Waals surface area contributed by atoms with Crippen LogP contribution in [0.25, 0.3) is 27.6 Å². The number of aromatic nitrogens is 3. The third-order valence-electron chi connectivity index (χ3n) is 9.73. The number of pyridine rings is 2. The Morgan fingerprint density at radius 3 is 2.09 bits per heavy atom. The van der Waals surface area contributed by atoms with Crippen LogP contribution >= 0.6 is 0 Å². The molecule has 4 aromatic carbocycles. The molecule has 4 heterocycles. The molecule has 0 N–H and O–H groups in total. The summed E-state index contributed by atoms with van der Waals surface area (Å²) in [5.41, 5.74) is -4.70. The summed E-state index contributed by atoms with van der Waals surface area (Å²) in [6, 6.07) is 22.5. The van der Waals surface area contributed by atoms with Crippen LogP contribution in [0, 0.1) is 12.1 Å². The molecule has 0 atom stereocenters. The summed E-state index contributed by atoms with van der Waals surface area (Å²) >= 11 is 0. The Hall–Kier alpha value is -5.09. The zero-order chi connectivity index (χ0) is 50.1. The van der Waals surface area contributed by atoms with Crippen LogP contribution in [0.1, 0.15) is 108 Å². The maximum absolute atomic E-state index is 17.5. The molecule has 1 aliphatic rings. The minimum absolute atomic E-state index is 0. The van der Waals surface area contributed by atoms with Crippen LogP contribution < -0.4 is 9.15 Å². The van der Waals surface area contributed by atoms with Gasteiger partial charge in [0.2, 0.25) is 5.69 Å². The van der Waals surface area contributed by atoms with Crippen molar-refractivity contribution >= 4 is 50.6 Å². The number of nitrogens with zero attached hydrogens (tertiary/aromatic N) is 5. The summed E-state index contributed by atoms with van der Waals surface area (Å²) in [6.45, 7) is 0.125. The fourth-order valence-corrected chi connectivity index (χ4v) is 6.65. The molecule has 0 amide bonds. The van der Waals surface area contributed by atoms with Crippen LogP contribution in [0.3, 0.4) is 0 Å². The van der Waals surface area contributed by atoms with Crippen molar-refractivity contribution in [3.63, 3.8) is 0 Å². The fraction of sp³-hybridized carbons (Fsp3) is 0.271. The SMILES string of the molecule is [2H]c1c([2H])c(C(C([2H])([2H])[2H])(C([2H])([2H])[2H])C([2H])([2H])[2H])c([2H])c([2H])c1[N+]1=C=[N+](c2[c-]c(C(F)(F)c3[c-]c4c(cc3)c3ccncc3n4-c3cc(C(C)(C)C)ccn3)cc(C(C)(C)C)c2)c2ccccc21.[Pt+2]. The van der Waals surface area contributed by atoms with Crippen molar-refractivity contribution in [2.45, 2.75) is 84.3 Å². The molecule has 3 aromatic heterocycles. The Labute approximate surface area is 360 Å². The summed E-state index contributed by atoms with van der Waals surface area (Å²) in [5.74, 6) is -3.24. The quantitative estimate of drug-likeness (QED) is 0.127. The largest absolute Gasteiger partial charge is 2.00 e. The topological polar surface area (TPSA) is 36.7 Å². The third kappa shape index (κ3) is 6.86. The molecule has 7 aromatic rings. The Morgan fingerprint density at radius 2 is 1.41 bits per heavy atom. The zero-order valence-electron chi connectivity index (χ0n) is 44.4. The molecule has 0 saturated heterocycles. The molecule has 0 bridgehead atoms. The molecule has 284 valence electrons. The minimum atomic E-state index is -3.87. The van der Waals surface area contributed by atoms with Gasteiger partial charge < -0.3 is 4.57 Å². The van der Waals surface area contributed by atoms with Gasteiger partial charge in [-0.3, -0.25) is 4.98 Å². The van der Waals surface area contributed by atoms with Crippen molar-refractivity contribution in [1.82, 2.24) is 23.7 Å². The smallest absolute Gasteiger partial charge is 0.318 e. The number of hydrogen-bond acceptors (Lipinski definition) is 2. The van der Waals surface area contributed by atoms with Crippen LogP contribution in [-0.4, -0.2) is 20.5 Å². The molecule has 0 spiro atoms. The van der Waals surface area contributed by atoms with E-state index in [1.807, 2.05) is 32.9 Å². The molecule has 0 unspecified atom stereocenters. The van der Waals surface area contributed by atoms with Crippen LogP contribution in [0.4, 0.5) is 31.5 Å². The standard InChI is InChI=1S/C48H45F2N5.Pt/c1-45(2,3)31-14-17-36(18-15-31)53-30-54(41-13-11-10-12-40(41)53)37-25-34(47(7,8)9)24-35(26-37)48(49,50)33-16-19-38-39-21-22-51-29-43(39)55(42(38)27-33)44-28-32(20-23-52-44)46(4,5)6;/h10-25,28-29H,1-9H3;/q;+2/i1D3,2D3,3D3,14D,15D,17D,18D;. The summed E-state index contributed by atoms with van der Waals surface area (Å²) in [4.78, 5) is 8.98. The van der Waals surface area contributed by atoms with E-state index in [-0.39, 0.29) is 43.5 Å². The van der Waals surface area contributed by atoms with Crippen LogP contribution in [-0.2, 0) is 43.2 Å². The first-order valence-corrected chi connectivity index (χ1v) is 17.6. The number of benzene rings is 4. The summed E-state index contributed by atoms with van der Waals surface area (Å²) < 4.78 is 149. The van der Waals surface area contributed by atoms with Crippen LogP contribution in [0.2, 0.25) is 0 Å². The summed E-state index contributed by atoms with van der Waals surface area (Å²) in [5, 5.41) is 1.41. The molecule has 5 nitrogen and oxygen atoms in total. The second-order valence-corrected chi connectivity index (χ2v) is 15.7.